The van der Waals surface area contributed by atoms with Crippen LogP contribution in [0.25, 0.3) is 0 Å². The van der Waals surface area contributed by atoms with E-state index in [9.17, 15) is 4.39 Å². The van der Waals surface area contributed by atoms with Crippen molar-refractivity contribution in [1.82, 2.24) is 0 Å². The van der Waals surface area contributed by atoms with Gasteiger partial charge in [0.1, 0.15) is 23.2 Å². The highest BCUT2D eigenvalue weighted by molar-refractivity contribution is 5.60. The van der Waals surface area contributed by atoms with Crippen LogP contribution in [0.3, 0.4) is 0 Å². The highest BCUT2D eigenvalue weighted by atomic mass is 19.1. The standard InChI is InChI=1S/C19H19FN2O/c20-18-7-4-8-19(17(18)13-21)22-11-9-15(10-12-22)14-23-16-5-2-1-3-6-16/h1-8,15H,9-12,14H2. The van der Waals surface area contributed by atoms with Crippen molar-refractivity contribution < 1.29 is 9.13 Å². The minimum absolute atomic E-state index is 0.145. The zero-order chi connectivity index (χ0) is 16.1. The molecule has 1 aliphatic rings. The Hall–Kier alpha value is -2.54. The third kappa shape index (κ3) is 3.62. The predicted octanol–water partition coefficient (Wildman–Crippen LogP) is 3.99. The van der Waals surface area contributed by atoms with Crippen LogP contribution in [-0.4, -0.2) is 19.7 Å². The van der Waals surface area contributed by atoms with Crippen molar-refractivity contribution in [2.24, 2.45) is 5.92 Å². The van der Waals surface area contributed by atoms with Gasteiger partial charge in [0.2, 0.25) is 0 Å². The highest BCUT2D eigenvalue weighted by Gasteiger charge is 2.22. The molecule has 1 saturated heterocycles. The quantitative estimate of drug-likeness (QED) is 0.856. The largest absolute Gasteiger partial charge is 0.493 e. The van der Waals surface area contributed by atoms with E-state index < -0.39 is 5.82 Å². The second kappa shape index (κ2) is 7.15. The number of halogens is 1. The first-order valence-electron chi connectivity index (χ1n) is 7.89. The van der Waals surface area contributed by atoms with Gasteiger partial charge in [-0.15, -0.1) is 0 Å². The van der Waals surface area contributed by atoms with Gasteiger partial charge in [0.15, 0.2) is 0 Å². The van der Waals surface area contributed by atoms with Crippen molar-refractivity contribution in [3.05, 3.63) is 59.9 Å². The molecule has 1 fully saturated rings. The lowest BCUT2D eigenvalue weighted by atomic mass is 9.96. The van der Waals surface area contributed by atoms with Crippen LogP contribution in [-0.2, 0) is 0 Å². The van der Waals surface area contributed by atoms with E-state index in [1.54, 1.807) is 6.07 Å². The molecule has 0 aromatic heterocycles. The first-order valence-corrected chi connectivity index (χ1v) is 7.89. The monoisotopic (exact) mass is 310 g/mol. The first kappa shape index (κ1) is 15.4. The van der Waals surface area contributed by atoms with Crippen LogP contribution in [0.2, 0.25) is 0 Å². The molecular formula is C19H19FN2O. The lowest BCUT2D eigenvalue weighted by molar-refractivity contribution is 0.223. The van der Waals surface area contributed by atoms with Gasteiger partial charge >= 0.3 is 0 Å². The van der Waals surface area contributed by atoms with Gasteiger partial charge in [-0.2, -0.15) is 5.26 Å². The van der Waals surface area contributed by atoms with Crippen LogP contribution in [0.1, 0.15) is 18.4 Å². The molecule has 0 saturated carbocycles. The number of benzene rings is 2. The summed E-state index contributed by atoms with van der Waals surface area (Å²) in [7, 11) is 0. The Morgan fingerprint density at radius 2 is 1.83 bits per heavy atom. The average Bonchev–Trinajstić information content (AvgIpc) is 2.61. The van der Waals surface area contributed by atoms with E-state index in [1.807, 2.05) is 42.5 Å². The molecule has 2 aromatic rings. The second-order valence-electron chi connectivity index (χ2n) is 5.80. The minimum atomic E-state index is -0.445. The van der Waals surface area contributed by atoms with Gasteiger partial charge in [0.25, 0.3) is 0 Å². The van der Waals surface area contributed by atoms with Crippen molar-refractivity contribution in [1.29, 1.82) is 5.26 Å². The SMILES string of the molecule is N#Cc1c(F)cccc1N1CCC(COc2ccccc2)CC1. The number of ether oxygens (including phenoxy) is 1. The summed E-state index contributed by atoms with van der Waals surface area (Å²) in [6.07, 6.45) is 1.96. The van der Waals surface area contributed by atoms with E-state index in [4.69, 9.17) is 10.00 Å². The lowest BCUT2D eigenvalue weighted by Gasteiger charge is -2.34. The number of rotatable bonds is 4. The maximum atomic E-state index is 13.7. The van der Waals surface area contributed by atoms with E-state index in [-0.39, 0.29) is 5.56 Å². The molecule has 0 aliphatic carbocycles. The molecule has 0 radical (unpaired) electrons. The van der Waals surface area contributed by atoms with Crippen LogP contribution < -0.4 is 9.64 Å². The molecule has 0 unspecified atom stereocenters. The highest BCUT2D eigenvalue weighted by Crippen LogP contribution is 2.28. The first-order chi connectivity index (χ1) is 11.3. The van der Waals surface area contributed by atoms with Crippen LogP contribution in [0.5, 0.6) is 5.75 Å². The molecular weight excluding hydrogens is 291 g/mol. The topological polar surface area (TPSA) is 36.3 Å². The van der Waals surface area contributed by atoms with Gasteiger partial charge in [-0.1, -0.05) is 24.3 Å². The third-order valence-electron chi connectivity index (χ3n) is 4.29. The van der Waals surface area contributed by atoms with Gasteiger partial charge in [-0.05, 0) is 43.0 Å². The summed E-state index contributed by atoms with van der Waals surface area (Å²) in [5.74, 6) is 0.942. The number of hydrogen-bond acceptors (Lipinski definition) is 3. The van der Waals surface area contributed by atoms with E-state index in [1.165, 1.54) is 6.07 Å². The number of nitrogens with zero attached hydrogens (tertiary/aromatic N) is 2. The fourth-order valence-corrected chi connectivity index (χ4v) is 2.96. The van der Waals surface area contributed by atoms with E-state index >= 15 is 0 Å². The van der Waals surface area contributed by atoms with Gasteiger partial charge in [-0.3, -0.25) is 0 Å². The molecule has 118 valence electrons. The van der Waals surface area contributed by atoms with Gasteiger partial charge in [0, 0.05) is 13.1 Å². The van der Waals surface area contributed by atoms with Crippen LogP contribution >= 0.6 is 0 Å². The molecule has 3 nitrogen and oxygen atoms in total. The summed E-state index contributed by atoms with van der Waals surface area (Å²) < 4.78 is 19.5. The summed E-state index contributed by atoms with van der Waals surface area (Å²) in [6.45, 7) is 2.34. The fourth-order valence-electron chi connectivity index (χ4n) is 2.96. The van der Waals surface area contributed by atoms with Crippen LogP contribution in [0, 0.1) is 23.1 Å². The van der Waals surface area contributed by atoms with Crippen molar-refractivity contribution in [2.45, 2.75) is 12.8 Å². The van der Waals surface area contributed by atoms with Crippen molar-refractivity contribution in [3.8, 4) is 11.8 Å². The number of para-hydroxylation sites is 1. The molecule has 1 aliphatic heterocycles. The molecule has 3 rings (SSSR count). The number of nitriles is 1. The Bertz CT molecular complexity index is 688. The van der Waals surface area contributed by atoms with Crippen molar-refractivity contribution >= 4 is 5.69 Å². The summed E-state index contributed by atoms with van der Waals surface area (Å²) >= 11 is 0. The molecule has 0 atom stereocenters. The van der Waals surface area contributed by atoms with E-state index in [2.05, 4.69) is 4.90 Å². The Balaban J connectivity index is 1.57. The number of hydrogen-bond donors (Lipinski definition) is 0. The number of piperidine rings is 1. The third-order valence-corrected chi connectivity index (χ3v) is 4.29. The number of anilines is 1. The van der Waals surface area contributed by atoms with Crippen LogP contribution in [0.4, 0.5) is 10.1 Å². The smallest absolute Gasteiger partial charge is 0.143 e. The summed E-state index contributed by atoms with van der Waals surface area (Å²) in [6, 6.07) is 16.6. The summed E-state index contributed by atoms with van der Waals surface area (Å²) in [5, 5.41) is 9.16. The van der Waals surface area contributed by atoms with Crippen molar-refractivity contribution in [2.75, 3.05) is 24.6 Å². The molecule has 23 heavy (non-hydrogen) atoms. The Morgan fingerprint density at radius 3 is 2.52 bits per heavy atom. The summed E-state index contributed by atoms with van der Waals surface area (Å²) in [5.41, 5.74) is 0.849. The zero-order valence-electron chi connectivity index (χ0n) is 12.9. The maximum Gasteiger partial charge on any atom is 0.143 e. The Labute approximate surface area is 135 Å². The van der Waals surface area contributed by atoms with Gasteiger partial charge in [-0.25, -0.2) is 4.39 Å². The molecule has 1 heterocycles. The maximum absolute atomic E-state index is 13.7. The van der Waals surface area contributed by atoms with E-state index in [0.29, 0.717) is 18.2 Å². The molecule has 0 amide bonds. The van der Waals surface area contributed by atoms with Crippen LogP contribution in [0.15, 0.2) is 48.5 Å². The van der Waals surface area contributed by atoms with Gasteiger partial charge in [0.05, 0.1) is 12.3 Å². The fraction of sp³-hybridized carbons (Fsp3) is 0.316. The Kier molecular flexibility index (Phi) is 4.77. The van der Waals surface area contributed by atoms with Gasteiger partial charge < -0.3 is 9.64 Å². The summed E-state index contributed by atoms with van der Waals surface area (Å²) in [4.78, 5) is 2.10. The lowest BCUT2D eigenvalue weighted by Crippen LogP contribution is -2.36. The minimum Gasteiger partial charge on any atom is -0.493 e. The molecule has 0 bridgehead atoms. The van der Waals surface area contributed by atoms with E-state index in [0.717, 1.165) is 31.7 Å². The normalized spacial score (nSPS) is 15.2. The second-order valence-corrected chi connectivity index (χ2v) is 5.80. The molecule has 2 aromatic carbocycles. The van der Waals surface area contributed by atoms with Crippen molar-refractivity contribution in [3.63, 3.8) is 0 Å². The molecule has 0 N–H and O–H groups in total. The molecule has 0 spiro atoms. The average molecular weight is 310 g/mol. The zero-order valence-corrected chi connectivity index (χ0v) is 12.9. The predicted molar refractivity (Wildman–Crippen MR) is 88.0 cm³/mol. The Morgan fingerprint density at radius 1 is 1.09 bits per heavy atom. The molecule has 4 heteroatoms.